The molecule has 0 aliphatic carbocycles. The number of rotatable bonds is 2. The molecule has 0 saturated heterocycles. The number of methoxy groups -OCH3 is 1. The Bertz CT molecular complexity index is 1020. The molecular weight excluding hydrogens is 314 g/mol. The lowest BCUT2D eigenvalue weighted by Crippen LogP contribution is -2.31. The number of hydrogen-bond donors (Lipinski definition) is 1. The van der Waals surface area contributed by atoms with Gasteiger partial charge in [-0.05, 0) is 23.8 Å². The van der Waals surface area contributed by atoms with Crippen molar-refractivity contribution < 1.29 is 9.47 Å². The van der Waals surface area contributed by atoms with E-state index in [1.165, 1.54) is 0 Å². The number of ether oxygens (including phenoxy) is 2. The van der Waals surface area contributed by atoms with Crippen molar-refractivity contribution >= 4 is 16.8 Å². The van der Waals surface area contributed by atoms with Crippen LogP contribution in [0.5, 0.6) is 11.5 Å². The maximum absolute atomic E-state index is 9.64. The topological polar surface area (TPSA) is 79.0 Å². The lowest BCUT2D eigenvalue weighted by atomic mass is 9.78. The van der Waals surface area contributed by atoms with Crippen molar-refractivity contribution in [1.82, 2.24) is 4.98 Å². The molecule has 2 aromatic carbocycles. The first-order valence-corrected chi connectivity index (χ1v) is 7.90. The number of nitrogens with one attached hydrogen (secondary N) is 1. The summed E-state index contributed by atoms with van der Waals surface area (Å²) >= 11 is 0. The van der Waals surface area contributed by atoms with Gasteiger partial charge in [0, 0.05) is 23.1 Å². The monoisotopic (exact) mass is 329 g/mol. The molecule has 1 N–H and O–H groups in total. The average molecular weight is 329 g/mol. The highest BCUT2D eigenvalue weighted by molar-refractivity contribution is 5.93. The SMILES string of the molecule is COc1cccc(C2c3ccc4cccnc4c3OC(=N)C2C#N)c1. The molecule has 2 heterocycles. The van der Waals surface area contributed by atoms with Crippen LogP contribution in [0, 0.1) is 22.7 Å². The number of pyridine rings is 1. The number of aromatic nitrogens is 1. The highest BCUT2D eigenvalue weighted by Gasteiger charge is 2.38. The summed E-state index contributed by atoms with van der Waals surface area (Å²) in [6.07, 6.45) is 1.70. The van der Waals surface area contributed by atoms with Gasteiger partial charge >= 0.3 is 0 Å². The van der Waals surface area contributed by atoms with Crippen molar-refractivity contribution in [2.45, 2.75) is 5.92 Å². The molecule has 1 aromatic heterocycles. The van der Waals surface area contributed by atoms with E-state index >= 15 is 0 Å². The molecule has 122 valence electrons. The number of hydrogen-bond acceptors (Lipinski definition) is 5. The van der Waals surface area contributed by atoms with Gasteiger partial charge in [-0.1, -0.05) is 30.3 Å². The molecule has 2 atom stereocenters. The fraction of sp³-hybridized carbons (Fsp3) is 0.150. The fourth-order valence-corrected chi connectivity index (χ4v) is 3.33. The Morgan fingerprint density at radius 2 is 2.08 bits per heavy atom. The number of benzene rings is 2. The normalized spacial score (nSPS) is 19.0. The van der Waals surface area contributed by atoms with Crippen LogP contribution in [-0.2, 0) is 0 Å². The second-order valence-electron chi connectivity index (χ2n) is 5.89. The third-order valence-corrected chi connectivity index (χ3v) is 4.51. The summed E-state index contributed by atoms with van der Waals surface area (Å²) in [5, 5.41) is 18.8. The molecule has 3 aromatic rings. The standard InChI is InChI=1S/C20H15N3O2/c1-24-14-6-2-4-13(10-14)17-15-8-7-12-5-3-9-23-18(12)19(15)25-20(22)16(17)11-21/h2-10,16-17,22H,1H3. The molecule has 0 amide bonds. The summed E-state index contributed by atoms with van der Waals surface area (Å²) in [4.78, 5) is 4.41. The molecule has 0 radical (unpaired) electrons. The molecule has 0 spiro atoms. The van der Waals surface area contributed by atoms with Crippen LogP contribution in [0.2, 0.25) is 0 Å². The zero-order valence-electron chi connectivity index (χ0n) is 13.6. The minimum absolute atomic E-state index is 0.0547. The summed E-state index contributed by atoms with van der Waals surface area (Å²) in [5.74, 6) is 0.222. The Kier molecular flexibility index (Phi) is 3.58. The molecular formula is C20H15N3O2. The first-order chi connectivity index (χ1) is 12.2. The molecule has 0 saturated carbocycles. The zero-order chi connectivity index (χ0) is 17.4. The molecule has 0 bridgehead atoms. The molecule has 1 aliphatic rings. The molecule has 5 heteroatoms. The van der Waals surface area contributed by atoms with Gasteiger partial charge in [0.1, 0.15) is 17.2 Å². The van der Waals surface area contributed by atoms with E-state index in [1.54, 1.807) is 13.3 Å². The van der Waals surface area contributed by atoms with E-state index in [0.717, 1.165) is 16.5 Å². The lowest BCUT2D eigenvalue weighted by molar-refractivity contribution is 0.412. The first kappa shape index (κ1) is 15.2. The highest BCUT2D eigenvalue weighted by Crippen LogP contribution is 2.45. The average Bonchev–Trinajstić information content (AvgIpc) is 2.67. The van der Waals surface area contributed by atoms with Crippen LogP contribution in [-0.4, -0.2) is 18.0 Å². The molecule has 1 aliphatic heterocycles. The molecule has 25 heavy (non-hydrogen) atoms. The third-order valence-electron chi connectivity index (χ3n) is 4.51. The van der Waals surface area contributed by atoms with Crippen LogP contribution in [0.3, 0.4) is 0 Å². The fourth-order valence-electron chi connectivity index (χ4n) is 3.33. The van der Waals surface area contributed by atoms with Crippen LogP contribution < -0.4 is 9.47 Å². The maximum Gasteiger partial charge on any atom is 0.205 e. The minimum atomic E-state index is -0.694. The van der Waals surface area contributed by atoms with E-state index in [-0.39, 0.29) is 11.8 Å². The van der Waals surface area contributed by atoms with Crippen molar-refractivity contribution in [3.8, 4) is 17.6 Å². The predicted molar refractivity (Wildman–Crippen MR) is 94.0 cm³/mol. The Morgan fingerprint density at radius 1 is 1.20 bits per heavy atom. The molecule has 4 rings (SSSR count). The summed E-state index contributed by atoms with van der Waals surface area (Å²) in [6.45, 7) is 0. The summed E-state index contributed by atoms with van der Waals surface area (Å²) in [6, 6.07) is 17.6. The number of nitriles is 1. The molecule has 2 unspecified atom stereocenters. The molecule has 0 fully saturated rings. The van der Waals surface area contributed by atoms with Gasteiger partial charge in [-0.15, -0.1) is 0 Å². The molecule has 5 nitrogen and oxygen atoms in total. The van der Waals surface area contributed by atoms with Crippen LogP contribution in [0.4, 0.5) is 0 Å². The van der Waals surface area contributed by atoms with E-state index < -0.39 is 5.92 Å². The van der Waals surface area contributed by atoms with Gasteiger partial charge in [0.05, 0.1) is 13.2 Å². The van der Waals surface area contributed by atoms with E-state index in [9.17, 15) is 5.26 Å². The zero-order valence-corrected chi connectivity index (χ0v) is 13.6. The van der Waals surface area contributed by atoms with Gasteiger partial charge < -0.3 is 9.47 Å². The summed E-state index contributed by atoms with van der Waals surface area (Å²) in [7, 11) is 1.61. The van der Waals surface area contributed by atoms with E-state index in [4.69, 9.17) is 14.9 Å². The van der Waals surface area contributed by atoms with Gasteiger partial charge in [-0.2, -0.15) is 5.26 Å². The van der Waals surface area contributed by atoms with Crippen LogP contribution >= 0.6 is 0 Å². The van der Waals surface area contributed by atoms with Crippen molar-refractivity contribution in [2.24, 2.45) is 5.92 Å². The van der Waals surface area contributed by atoms with E-state index in [1.807, 2.05) is 48.5 Å². The largest absolute Gasteiger partial charge is 0.497 e. The Balaban J connectivity index is 1.98. The summed E-state index contributed by atoms with van der Waals surface area (Å²) in [5.41, 5.74) is 2.48. The highest BCUT2D eigenvalue weighted by atomic mass is 16.5. The predicted octanol–water partition coefficient (Wildman–Crippen LogP) is 3.88. The van der Waals surface area contributed by atoms with Gasteiger partial charge in [0.25, 0.3) is 0 Å². The minimum Gasteiger partial charge on any atom is -0.497 e. The lowest BCUT2D eigenvalue weighted by Gasteiger charge is -2.30. The Hall–Kier alpha value is -3.39. The van der Waals surface area contributed by atoms with Crippen LogP contribution in [0.15, 0.2) is 54.7 Å². The van der Waals surface area contributed by atoms with Gasteiger partial charge in [0.2, 0.25) is 5.90 Å². The number of nitrogens with zero attached hydrogens (tertiary/aromatic N) is 2. The second-order valence-corrected chi connectivity index (χ2v) is 5.89. The summed E-state index contributed by atoms with van der Waals surface area (Å²) < 4.78 is 11.0. The number of fused-ring (bicyclic) bond motifs is 3. The first-order valence-electron chi connectivity index (χ1n) is 7.90. The second kappa shape index (κ2) is 5.91. The van der Waals surface area contributed by atoms with E-state index in [2.05, 4.69) is 11.1 Å². The smallest absolute Gasteiger partial charge is 0.205 e. The van der Waals surface area contributed by atoms with Gasteiger partial charge in [0.15, 0.2) is 5.75 Å². The van der Waals surface area contributed by atoms with Crippen molar-refractivity contribution in [1.29, 1.82) is 10.7 Å². The van der Waals surface area contributed by atoms with Crippen molar-refractivity contribution in [2.75, 3.05) is 7.11 Å². The van der Waals surface area contributed by atoms with Crippen LogP contribution in [0.1, 0.15) is 17.0 Å². The van der Waals surface area contributed by atoms with Crippen molar-refractivity contribution in [3.05, 3.63) is 65.9 Å². The van der Waals surface area contributed by atoms with E-state index in [0.29, 0.717) is 17.0 Å². The van der Waals surface area contributed by atoms with Gasteiger partial charge in [-0.25, -0.2) is 0 Å². The Morgan fingerprint density at radius 3 is 2.88 bits per heavy atom. The maximum atomic E-state index is 9.64. The third kappa shape index (κ3) is 2.39. The Labute approximate surface area is 145 Å². The van der Waals surface area contributed by atoms with Gasteiger partial charge in [-0.3, -0.25) is 10.4 Å². The quantitative estimate of drug-likeness (QED) is 0.773. The van der Waals surface area contributed by atoms with Crippen molar-refractivity contribution in [3.63, 3.8) is 0 Å². The van der Waals surface area contributed by atoms with Crippen LogP contribution in [0.25, 0.3) is 10.9 Å².